The third-order valence-corrected chi connectivity index (χ3v) is 3.43. The molecule has 0 aromatic carbocycles. The summed E-state index contributed by atoms with van der Waals surface area (Å²) < 4.78 is 44.8. The smallest absolute Gasteiger partial charge is 0.354 e. The number of rotatable bonds is 3. The highest BCUT2D eigenvalue weighted by molar-refractivity contribution is 7.91. The number of aromatic carboxylic acids is 1. The van der Waals surface area contributed by atoms with Crippen molar-refractivity contribution in [3.63, 3.8) is 0 Å². The van der Waals surface area contributed by atoms with E-state index in [2.05, 4.69) is 9.97 Å². The van der Waals surface area contributed by atoms with Crippen LogP contribution in [0.25, 0.3) is 0 Å². The van der Waals surface area contributed by atoms with Crippen LogP contribution in [0.4, 0.5) is 0 Å². The molecule has 0 saturated heterocycles. The number of hydrogen-bond donors (Lipinski definition) is 1. The molecule has 0 radical (unpaired) electrons. The summed E-state index contributed by atoms with van der Waals surface area (Å²) in [7, 11) is -7.71. The van der Waals surface area contributed by atoms with Gasteiger partial charge in [0.25, 0.3) is 0 Å². The molecule has 0 saturated carbocycles. The molecule has 102 valence electrons. The lowest BCUT2D eigenvalue weighted by Gasteiger charge is -2.02. The lowest BCUT2D eigenvalue weighted by atomic mass is 10.4. The van der Waals surface area contributed by atoms with Gasteiger partial charge in [-0.3, -0.25) is 0 Å². The van der Waals surface area contributed by atoms with Crippen LogP contribution in [0.1, 0.15) is 10.5 Å². The van der Waals surface area contributed by atoms with Crippen molar-refractivity contribution in [2.24, 2.45) is 0 Å². The Morgan fingerprint density at radius 2 is 1.61 bits per heavy atom. The zero-order chi connectivity index (χ0) is 13.4. The molecule has 1 rings (SSSR count). The summed E-state index contributed by atoms with van der Waals surface area (Å²) in [4.78, 5) is 17.2. The van der Waals surface area contributed by atoms with E-state index in [1.54, 1.807) is 0 Å². The topological polar surface area (TPSA) is 131 Å². The van der Waals surface area contributed by atoms with Gasteiger partial charge in [0.2, 0.25) is 15.0 Å². The van der Waals surface area contributed by atoms with Crippen LogP contribution in [0.5, 0.6) is 0 Å². The first-order chi connectivity index (χ1) is 7.51. The molecule has 0 bridgehead atoms. The van der Waals surface area contributed by atoms with Gasteiger partial charge in [0, 0.05) is 18.6 Å². The minimum atomic E-state index is -3.89. The predicted molar refractivity (Wildman–Crippen MR) is 62.5 cm³/mol. The van der Waals surface area contributed by atoms with E-state index in [4.69, 9.17) is 5.11 Å². The second-order valence-corrected chi connectivity index (χ2v) is 7.10. The van der Waals surface area contributed by atoms with Crippen LogP contribution in [-0.4, -0.2) is 50.4 Å². The van der Waals surface area contributed by atoms with Crippen molar-refractivity contribution in [1.29, 1.82) is 0 Å². The number of aromatic nitrogens is 2. The number of hydrogen-bond acceptors (Lipinski definition) is 7. The molecule has 0 aliphatic heterocycles. The SMILES string of the molecule is CS(=O)(=O)c1cc(C(=O)O)nc(S(C)(=O)=O)n1.Cl. The van der Waals surface area contributed by atoms with Gasteiger partial charge in [-0.1, -0.05) is 0 Å². The van der Waals surface area contributed by atoms with E-state index in [1.807, 2.05) is 0 Å². The number of halogens is 1. The maximum absolute atomic E-state index is 11.2. The standard InChI is InChI=1S/C7H8N2O6S2.ClH/c1-16(12,13)5-3-4(6(10)11)8-7(9-5)17(2,14)15;/h3H,1-2H3,(H,10,11);1H. The van der Waals surface area contributed by atoms with Crippen molar-refractivity contribution in [1.82, 2.24) is 9.97 Å². The van der Waals surface area contributed by atoms with E-state index < -0.39 is 41.5 Å². The molecule has 11 heteroatoms. The first kappa shape index (κ1) is 16.7. The predicted octanol–water partition coefficient (Wildman–Crippen LogP) is -0.596. The molecule has 0 unspecified atom stereocenters. The van der Waals surface area contributed by atoms with Crippen LogP contribution < -0.4 is 0 Å². The summed E-state index contributed by atoms with van der Waals surface area (Å²) in [6, 6.07) is 0.701. The van der Waals surface area contributed by atoms with E-state index in [9.17, 15) is 21.6 Å². The van der Waals surface area contributed by atoms with Gasteiger partial charge in [-0.25, -0.2) is 31.6 Å². The average molecular weight is 317 g/mol. The van der Waals surface area contributed by atoms with E-state index >= 15 is 0 Å². The summed E-state index contributed by atoms with van der Waals surface area (Å²) in [6.07, 6.45) is 1.53. The summed E-state index contributed by atoms with van der Waals surface area (Å²) in [6.45, 7) is 0. The van der Waals surface area contributed by atoms with Gasteiger partial charge in [0.1, 0.15) is 0 Å². The Kier molecular flexibility index (Phi) is 4.80. The molecule has 8 nitrogen and oxygen atoms in total. The van der Waals surface area contributed by atoms with E-state index in [0.717, 1.165) is 12.5 Å². The van der Waals surface area contributed by atoms with Gasteiger partial charge in [-0.15, -0.1) is 12.4 Å². The third-order valence-electron chi connectivity index (χ3n) is 1.61. The fraction of sp³-hybridized carbons (Fsp3) is 0.286. The monoisotopic (exact) mass is 316 g/mol. The van der Waals surface area contributed by atoms with Gasteiger partial charge >= 0.3 is 5.97 Å². The Labute approximate surface area is 109 Å². The molecule has 0 aliphatic rings. The Hall–Kier alpha value is -1.26. The molecule has 0 spiro atoms. The average Bonchev–Trinajstić information content (AvgIpc) is 2.14. The molecular weight excluding hydrogens is 308 g/mol. The molecule has 0 fully saturated rings. The zero-order valence-electron chi connectivity index (χ0n) is 9.18. The highest BCUT2D eigenvalue weighted by Gasteiger charge is 2.21. The Bertz CT molecular complexity index is 632. The number of carbonyl (C=O) groups is 1. The van der Waals surface area contributed by atoms with Crippen molar-refractivity contribution >= 4 is 38.1 Å². The lowest BCUT2D eigenvalue weighted by molar-refractivity contribution is 0.0688. The van der Waals surface area contributed by atoms with Crippen molar-refractivity contribution in [2.75, 3.05) is 12.5 Å². The Morgan fingerprint density at radius 3 is 1.94 bits per heavy atom. The molecule has 0 amide bonds. The molecular formula is C7H9ClN2O6S2. The van der Waals surface area contributed by atoms with Crippen LogP contribution >= 0.6 is 12.4 Å². The van der Waals surface area contributed by atoms with Crippen molar-refractivity contribution in [3.05, 3.63) is 11.8 Å². The second-order valence-electron chi connectivity index (χ2n) is 3.22. The highest BCUT2D eigenvalue weighted by Crippen LogP contribution is 2.11. The largest absolute Gasteiger partial charge is 0.477 e. The maximum Gasteiger partial charge on any atom is 0.354 e. The van der Waals surface area contributed by atoms with Crippen LogP contribution in [0.15, 0.2) is 16.2 Å². The fourth-order valence-electron chi connectivity index (χ4n) is 0.869. The van der Waals surface area contributed by atoms with E-state index in [0.29, 0.717) is 6.07 Å². The van der Waals surface area contributed by atoms with Crippen molar-refractivity contribution in [3.8, 4) is 0 Å². The van der Waals surface area contributed by atoms with Gasteiger partial charge in [-0.05, 0) is 0 Å². The van der Waals surface area contributed by atoms with Gasteiger partial charge in [0.05, 0.1) is 0 Å². The van der Waals surface area contributed by atoms with E-state index in [1.165, 1.54) is 0 Å². The Balaban J connectivity index is 0.00000289. The number of nitrogens with zero attached hydrogens (tertiary/aromatic N) is 2. The van der Waals surface area contributed by atoms with Gasteiger partial charge < -0.3 is 5.11 Å². The Morgan fingerprint density at radius 1 is 1.11 bits per heavy atom. The summed E-state index contributed by atoms with van der Waals surface area (Å²) in [5, 5.41) is 7.20. The zero-order valence-corrected chi connectivity index (χ0v) is 11.6. The summed E-state index contributed by atoms with van der Waals surface area (Å²) in [5.41, 5.74) is -0.694. The molecule has 1 N–H and O–H groups in total. The van der Waals surface area contributed by atoms with Crippen LogP contribution in [0, 0.1) is 0 Å². The fourth-order valence-corrected chi connectivity index (χ4v) is 2.03. The maximum atomic E-state index is 11.2. The number of sulfone groups is 2. The first-order valence-corrected chi connectivity index (χ1v) is 7.82. The molecule has 1 aromatic heterocycles. The number of carboxylic acid groups (broad SMARTS) is 1. The quantitative estimate of drug-likeness (QED) is 0.577. The van der Waals surface area contributed by atoms with Crippen LogP contribution in [0.2, 0.25) is 0 Å². The minimum absolute atomic E-state index is 0. The first-order valence-electron chi connectivity index (χ1n) is 4.04. The number of carboxylic acids is 1. The van der Waals surface area contributed by atoms with E-state index in [-0.39, 0.29) is 12.4 Å². The lowest BCUT2D eigenvalue weighted by Crippen LogP contribution is -2.13. The minimum Gasteiger partial charge on any atom is -0.477 e. The highest BCUT2D eigenvalue weighted by atomic mass is 35.5. The molecule has 1 heterocycles. The van der Waals surface area contributed by atoms with Crippen LogP contribution in [0.3, 0.4) is 0 Å². The third kappa shape index (κ3) is 3.89. The van der Waals surface area contributed by atoms with Gasteiger partial charge in [0.15, 0.2) is 20.6 Å². The normalized spacial score (nSPS) is 11.7. The summed E-state index contributed by atoms with van der Waals surface area (Å²) >= 11 is 0. The van der Waals surface area contributed by atoms with Crippen molar-refractivity contribution in [2.45, 2.75) is 10.2 Å². The van der Waals surface area contributed by atoms with Crippen LogP contribution in [-0.2, 0) is 19.7 Å². The second kappa shape index (κ2) is 5.16. The molecule has 0 atom stereocenters. The molecule has 0 aliphatic carbocycles. The van der Waals surface area contributed by atoms with Gasteiger partial charge in [-0.2, -0.15) is 0 Å². The van der Waals surface area contributed by atoms with Crippen molar-refractivity contribution < 1.29 is 26.7 Å². The molecule has 18 heavy (non-hydrogen) atoms. The summed E-state index contributed by atoms with van der Waals surface area (Å²) in [5.74, 6) is -1.54. The molecule has 1 aromatic rings.